The lowest BCUT2D eigenvalue weighted by atomic mass is 10.1. The number of aromatic amines is 1. The Hall–Kier alpha value is -2.16. The summed E-state index contributed by atoms with van der Waals surface area (Å²) in [6.07, 6.45) is 0.223. The number of H-pyrrole nitrogens is 1. The van der Waals surface area contributed by atoms with Gasteiger partial charge in [0, 0.05) is 17.3 Å². The fourth-order valence-electron chi connectivity index (χ4n) is 1.75. The molecule has 3 nitrogen and oxygen atoms in total. The molecule has 0 aliphatic carbocycles. The molecule has 0 atom stereocenters. The van der Waals surface area contributed by atoms with Crippen LogP contribution in [-0.2, 0) is 6.42 Å². The molecule has 86 valence electrons. The number of carbonyl (C=O) groups is 1. The van der Waals surface area contributed by atoms with Gasteiger partial charge in [0.15, 0.2) is 5.78 Å². The zero-order valence-corrected chi connectivity index (χ0v) is 9.57. The number of hydrogen-bond acceptors (Lipinski definition) is 2. The van der Waals surface area contributed by atoms with Crippen molar-refractivity contribution in [3.63, 3.8) is 0 Å². The molecule has 0 saturated heterocycles. The molecule has 1 aromatic carbocycles. The van der Waals surface area contributed by atoms with Gasteiger partial charge in [-0.3, -0.25) is 9.59 Å². The molecule has 0 aliphatic heterocycles. The van der Waals surface area contributed by atoms with Crippen molar-refractivity contribution in [3.05, 3.63) is 69.6 Å². The fraction of sp³-hybridized carbons (Fsp3) is 0.143. The molecule has 0 radical (unpaired) electrons. The molecule has 0 aliphatic rings. The third-order valence-electron chi connectivity index (χ3n) is 2.49. The van der Waals surface area contributed by atoms with Gasteiger partial charge in [-0.25, -0.2) is 0 Å². The van der Waals surface area contributed by atoms with Gasteiger partial charge in [-0.2, -0.15) is 0 Å². The molecule has 3 heteroatoms. The van der Waals surface area contributed by atoms with Crippen LogP contribution >= 0.6 is 0 Å². The summed E-state index contributed by atoms with van der Waals surface area (Å²) in [5.74, 6) is 0.00634. The van der Waals surface area contributed by atoms with Crippen LogP contribution in [0.5, 0.6) is 0 Å². The minimum atomic E-state index is -0.166. The summed E-state index contributed by atoms with van der Waals surface area (Å²) < 4.78 is 0. The largest absolute Gasteiger partial charge is 0.326 e. The van der Waals surface area contributed by atoms with Crippen LogP contribution in [0.25, 0.3) is 0 Å². The van der Waals surface area contributed by atoms with Crippen LogP contribution < -0.4 is 5.56 Å². The number of carbonyl (C=O) groups excluding carboxylic acids is 1. The number of ketones is 1. The van der Waals surface area contributed by atoms with Gasteiger partial charge < -0.3 is 4.98 Å². The van der Waals surface area contributed by atoms with E-state index in [1.54, 1.807) is 12.1 Å². The maximum atomic E-state index is 11.9. The van der Waals surface area contributed by atoms with E-state index in [2.05, 4.69) is 4.98 Å². The van der Waals surface area contributed by atoms with Crippen molar-refractivity contribution in [3.8, 4) is 0 Å². The lowest BCUT2D eigenvalue weighted by Gasteiger charge is -2.02. The molecule has 0 saturated carbocycles. The molecule has 0 spiro atoms. The Bertz CT molecular complexity index is 585. The Morgan fingerprint density at radius 3 is 2.53 bits per heavy atom. The third-order valence-corrected chi connectivity index (χ3v) is 2.49. The number of pyridine rings is 1. The number of aryl methyl sites for hydroxylation is 1. The van der Waals surface area contributed by atoms with Crippen molar-refractivity contribution in [1.82, 2.24) is 4.98 Å². The van der Waals surface area contributed by atoms with Crippen molar-refractivity contribution in [1.29, 1.82) is 0 Å². The highest BCUT2D eigenvalue weighted by molar-refractivity contribution is 5.97. The Labute approximate surface area is 99.1 Å². The lowest BCUT2D eigenvalue weighted by molar-refractivity contribution is 0.0992. The van der Waals surface area contributed by atoms with Gasteiger partial charge in [-0.15, -0.1) is 0 Å². The summed E-state index contributed by atoms with van der Waals surface area (Å²) in [6.45, 7) is 1.84. The van der Waals surface area contributed by atoms with Gasteiger partial charge in [0.25, 0.3) is 0 Å². The van der Waals surface area contributed by atoms with Crippen LogP contribution in [0.3, 0.4) is 0 Å². The minimum absolute atomic E-state index is 0.00634. The number of aromatic nitrogens is 1. The maximum Gasteiger partial charge on any atom is 0.248 e. The second kappa shape index (κ2) is 4.78. The molecule has 0 bridgehead atoms. The highest BCUT2D eigenvalue weighted by atomic mass is 16.1. The van der Waals surface area contributed by atoms with Gasteiger partial charge in [0.05, 0.1) is 6.42 Å². The van der Waals surface area contributed by atoms with Crippen LogP contribution in [-0.4, -0.2) is 10.8 Å². The molecule has 0 fully saturated rings. The fourth-order valence-corrected chi connectivity index (χ4v) is 1.75. The number of nitrogens with one attached hydrogen (secondary N) is 1. The van der Waals surface area contributed by atoms with Crippen molar-refractivity contribution in [2.24, 2.45) is 0 Å². The van der Waals surface area contributed by atoms with E-state index in [1.807, 2.05) is 31.2 Å². The first kappa shape index (κ1) is 11.3. The van der Waals surface area contributed by atoms with Crippen LogP contribution in [0.4, 0.5) is 0 Å². The zero-order valence-electron chi connectivity index (χ0n) is 9.57. The quantitative estimate of drug-likeness (QED) is 0.816. The Balaban J connectivity index is 2.22. The van der Waals surface area contributed by atoms with Gasteiger partial charge in [-0.1, -0.05) is 30.3 Å². The van der Waals surface area contributed by atoms with E-state index in [4.69, 9.17) is 0 Å². The first-order valence-corrected chi connectivity index (χ1v) is 5.43. The van der Waals surface area contributed by atoms with E-state index in [0.717, 1.165) is 5.56 Å². The van der Waals surface area contributed by atoms with Crippen molar-refractivity contribution >= 4 is 5.78 Å². The third kappa shape index (κ3) is 2.91. The highest BCUT2D eigenvalue weighted by Gasteiger charge is 2.07. The number of rotatable bonds is 3. The Morgan fingerprint density at radius 1 is 1.18 bits per heavy atom. The predicted molar refractivity (Wildman–Crippen MR) is 66.3 cm³/mol. The molecule has 2 aromatic rings. The molecule has 0 amide bonds. The molecule has 2 rings (SSSR count). The number of benzene rings is 1. The second-order valence-electron chi connectivity index (χ2n) is 4.01. The average molecular weight is 227 g/mol. The van der Waals surface area contributed by atoms with Crippen LogP contribution in [0, 0.1) is 6.92 Å². The van der Waals surface area contributed by atoms with E-state index in [1.165, 1.54) is 6.07 Å². The monoisotopic (exact) mass is 227 g/mol. The Morgan fingerprint density at radius 2 is 1.88 bits per heavy atom. The maximum absolute atomic E-state index is 11.9. The second-order valence-corrected chi connectivity index (χ2v) is 4.01. The standard InChI is InChI=1S/C14H13NO2/c1-10-7-12(15-14(17)8-10)9-13(16)11-5-3-2-4-6-11/h2-8H,9H2,1H3,(H,15,17). The molecular weight excluding hydrogens is 214 g/mol. The normalized spacial score (nSPS) is 10.2. The molecular formula is C14H13NO2. The smallest absolute Gasteiger partial charge is 0.248 e. The van der Waals surface area contributed by atoms with E-state index in [-0.39, 0.29) is 17.8 Å². The van der Waals surface area contributed by atoms with Gasteiger partial charge in [0.1, 0.15) is 0 Å². The Kier molecular flexibility index (Phi) is 3.19. The molecule has 17 heavy (non-hydrogen) atoms. The van der Waals surface area contributed by atoms with Gasteiger partial charge in [-0.05, 0) is 18.6 Å². The molecule has 0 unspecified atom stereocenters. The number of hydrogen-bond donors (Lipinski definition) is 1. The highest BCUT2D eigenvalue weighted by Crippen LogP contribution is 2.05. The van der Waals surface area contributed by atoms with E-state index >= 15 is 0 Å². The summed E-state index contributed by atoms with van der Waals surface area (Å²) in [4.78, 5) is 25.8. The van der Waals surface area contributed by atoms with E-state index in [9.17, 15) is 9.59 Å². The molecule has 1 N–H and O–H groups in total. The summed E-state index contributed by atoms with van der Waals surface area (Å²) in [5.41, 5.74) is 2.02. The first-order chi connectivity index (χ1) is 8.15. The molecule has 1 heterocycles. The van der Waals surface area contributed by atoms with Gasteiger partial charge in [0.2, 0.25) is 5.56 Å². The summed E-state index contributed by atoms with van der Waals surface area (Å²) in [5, 5.41) is 0. The minimum Gasteiger partial charge on any atom is -0.326 e. The summed E-state index contributed by atoms with van der Waals surface area (Å²) in [6, 6.07) is 12.4. The van der Waals surface area contributed by atoms with Gasteiger partial charge >= 0.3 is 0 Å². The molecule has 1 aromatic heterocycles. The lowest BCUT2D eigenvalue weighted by Crippen LogP contribution is -2.12. The van der Waals surface area contributed by atoms with E-state index < -0.39 is 0 Å². The van der Waals surface area contributed by atoms with Crippen LogP contribution in [0.15, 0.2) is 47.3 Å². The summed E-state index contributed by atoms with van der Waals surface area (Å²) in [7, 11) is 0. The topological polar surface area (TPSA) is 49.9 Å². The SMILES string of the molecule is Cc1cc(CC(=O)c2ccccc2)[nH]c(=O)c1. The van der Waals surface area contributed by atoms with Crippen molar-refractivity contribution < 1.29 is 4.79 Å². The summed E-state index contributed by atoms with van der Waals surface area (Å²) >= 11 is 0. The van der Waals surface area contributed by atoms with Crippen molar-refractivity contribution in [2.75, 3.05) is 0 Å². The van der Waals surface area contributed by atoms with E-state index in [0.29, 0.717) is 11.3 Å². The predicted octanol–water partition coefficient (Wildman–Crippen LogP) is 2.11. The first-order valence-electron chi connectivity index (χ1n) is 5.43. The number of Topliss-reactive ketones (excluding diaryl/α,β-unsaturated/α-hetero) is 1. The average Bonchev–Trinajstić information content (AvgIpc) is 2.28. The van der Waals surface area contributed by atoms with Crippen LogP contribution in [0.2, 0.25) is 0 Å². The van der Waals surface area contributed by atoms with Crippen LogP contribution in [0.1, 0.15) is 21.6 Å². The van der Waals surface area contributed by atoms with Crippen molar-refractivity contribution in [2.45, 2.75) is 13.3 Å². The zero-order chi connectivity index (χ0) is 12.3.